The molecule has 2 heterocycles. The Balaban J connectivity index is 1.54. The SMILES string of the molecule is CNC(C)C(=O)NC(C(=O)N1CCC2C1[C@@H](C(=O)NCCc1ccccc1)CN2S(C)(=O)=O)C1CCCCC1. The van der Waals surface area contributed by atoms with Gasteiger partial charge >= 0.3 is 0 Å². The molecular weight excluding hydrogens is 518 g/mol. The van der Waals surface area contributed by atoms with Crippen molar-refractivity contribution in [1.82, 2.24) is 25.2 Å². The molecule has 0 bridgehead atoms. The molecule has 0 spiro atoms. The molecule has 5 atom stereocenters. The number of hydrogen-bond donors (Lipinski definition) is 3. The maximum atomic E-state index is 14.1. The minimum absolute atomic E-state index is 0.0175. The van der Waals surface area contributed by atoms with E-state index in [1.54, 1.807) is 18.9 Å². The van der Waals surface area contributed by atoms with Crippen LogP contribution in [0.5, 0.6) is 0 Å². The second kappa shape index (κ2) is 12.8. The minimum Gasteiger partial charge on any atom is -0.355 e. The molecule has 1 aliphatic carbocycles. The first-order chi connectivity index (χ1) is 18.6. The number of rotatable bonds is 10. The van der Waals surface area contributed by atoms with E-state index < -0.39 is 40.1 Å². The van der Waals surface area contributed by atoms with Gasteiger partial charge in [-0.2, -0.15) is 4.31 Å². The zero-order chi connectivity index (χ0) is 28.2. The van der Waals surface area contributed by atoms with Crippen LogP contribution < -0.4 is 16.0 Å². The quantitative estimate of drug-likeness (QED) is 0.389. The van der Waals surface area contributed by atoms with E-state index in [-0.39, 0.29) is 30.2 Å². The number of benzene rings is 1. The van der Waals surface area contributed by atoms with E-state index >= 15 is 0 Å². The van der Waals surface area contributed by atoms with Crippen molar-refractivity contribution in [3.05, 3.63) is 35.9 Å². The Bertz CT molecular complexity index is 1120. The summed E-state index contributed by atoms with van der Waals surface area (Å²) in [7, 11) is -1.87. The van der Waals surface area contributed by atoms with Gasteiger partial charge in [0.15, 0.2) is 0 Å². The van der Waals surface area contributed by atoms with Crippen molar-refractivity contribution in [3.63, 3.8) is 0 Å². The minimum atomic E-state index is -3.57. The molecule has 39 heavy (non-hydrogen) atoms. The summed E-state index contributed by atoms with van der Waals surface area (Å²) < 4.78 is 26.8. The lowest BCUT2D eigenvalue weighted by Gasteiger charge is -2.36. The van der Waals surface area contributed by atoms with Gasteiger partial charge in [0.05, 0.1) is 24.3 Å². The normalized spacial score (nSPS) is 25.6. The molecule has 4 unspecified atom stereocenters. The number of carbonyl (C=O) groups is 3. The van der Waals surface area contributed by atoms with E-state index in [1.165, 1.54) is 4.31 Å². The van der Waals surface area contributed by atoms with Crippen molar-refractivity contribution in [3.8, 4) is 0 Å². The summed E-state index contributed by atoms with van der Waals surface area (Å²) in [4.78, 5) is 42.2. The number of likely N-dealkylation sites (N-methyl/N-ethyl adjacent to an activating group) is 1. The summed E-state index contributed by atoms with van der Waals surface area (Å²) in [6.07, 6.45) is 7.12. The summed E-state index contributed by atoms with van der Waals surface area (Å²) in [6, 6.07) is 7.67. The fourth-order valence-corrected chi connectivity index (χ4v) is 7.61. The predicted molar refractivity (Wildman–Crippen MR) is 149 cm³/mol. The Morgan fingerprint density at radius 2 is 1.74 bits per heavy atom. The molecule has 1 aromatic carbocycles. The highest BCUT2D eigenvalue weighted by molar-refractivity contribution is 7.88. The molecule has 216 valence electrons. The third-order valence-electron chi connectivity index (χ3n) is 8.69. The van der Waals surface area contributed by atoms with E-state index in [0.29, 0.717) is 25.9 Å². The van der Waals surface area contributed by atoms with Crippen LogP contribution in [0.25, 0.3) is 0 Å². The Hall–Kier alpha value is -2.50. The van der Waals surface area contributed by atoms with Crippen LogP contribution in [-0.4, -0.2) is 92.4 Å². The first-order valence-corrected chi connectivity index (χ1v) is 16.0. The maximum Gasteiger partial charge on any atom is 0.245 e. The number of sulfonamides is 1. The van der Waals surface area contributed by atoms with E-state index in [0.717, 1.165) is 43.9 Å². The van der Waals surface area contributed by atoms with Gasteiger partial charge in [0.1, 0.15) is 6.04 Å². The predicted octanol–water partition coefficient (Wildman–Crippen LogP) is 0.879. The molecule has 2 saturated heterocycles. The van der Waals surface area contributed by atoms with Gasteiger partial charge in [-0.3, -0.25) is 14.4 Å². The van der Waals surface area contributed by atoms with Crippen molar-refractivity contribution in [1.29, 1.82) is 0 Å². The molecule has 3 amide bonds. The molecule has 3 N–H and O–H groups in total. The van der Waals surface area contributed by atoms with E-state index in [2.05, 4.69) is 16.0 Å². The number of likely N-dealkylation sites (tertiary alicyclic amines) is 1. The number of nitrogens with one attached hydrogen (secondary N) is 3. The maximum absolute atomic E-state index is 14.1. The Kier molecular flexibility index (Phi) is 9.66. The first kappa shape index (κ1) is 29.5. The number of fused-ring (bicyclic) bond motifs is 1. The first-order valence-electron chi connectivity index (χ1n) is 14.2. The van der Waals surface area contributed by atoms with Gasteiger partial charge in [0.2, 0.25) is 27.7 Å². The van der Waals surface area contributed by atoms with Crippen molar-refractivity contribution in [2.45, 2.75) is 76.0 Å². The second-order valence-corrected chi connectivity index (χ2v) is 13.2. The Labute approximate surface area is 232 Å². The zero-order valence-electron chi connectivity index (χ0n) is 23.3. The summed E-state index contributed by atoms with van der Waals surface area (Å²) in [5.41, 5.74) is 1.10. The van der Waals surface area contributed by atoms with Gasteiger partial charge in [-0.15, -0.1) is 0 Å². The van der Waals surface area contributed by atoms with E-state index in [9.17, 15) is 22.8 Å². The number of amides is 3. The van der Waals surface area contributed by atoms with Crippen molar-refractivity contribution < 1.29 is 22.8 Å². The van der Waals surface area contributed by atoms with Crippen LogP contribution in [0.3, 0.4) is 0 Å². The third kappa shape index (κ3) is 6.81. The Morgan fingerprint density at radius 3 is 2.38 bits per heavy atom. The molecule has 10 nitrogen and oxygen atoms in total. The van der Waals surface area contributed by atoms with Crippen LogP contribution in [0.1, 0.15) is 51.0 Å². The van der Waals surface area contributed by atoms with Crippen molar-refractivity contribution in [2.75, 3.05) is 32.9 Å². The smallest absolute Gasteiger partial charge is 0.245 e. The molecule has 11 heteroatoms. The van der Waals surface area contributed by atoms with Crippen LogP contribution in [0.2, 0.25) is 0 Å². The van der Waals surface area contributed by atoms with Crippen LogP contribution in [-0.2, 0) is 30.8 Å². The topological polar surface area (TPSA) is 128 Å². The lowest BCUT2D eigenvalue weighted by Crippen LogP contribution is -2.58. The molecule has 3 fully saturated rings. The number of hydrogen-bond acceptors (Lipinski definition) is 6. The number of nitrogens with zero attached hydrogens (tertiary/aromatic N) is 2. The van der Waals surface area contributed by atoms with E-state index in [4.69, 9.17) is 0 Å². The van der Waals surface area contributed by atoms with Gasteiger partial charge in [-0.05, 0) is 51.1 Å². The highest BCUT2D eigenvalue weighted by Crippen LogP contribution is 2.38. The second-order valence-electron chi connectivity index (χ2n) is 11.2. The lowest BCUT2D eigenvalue weighted by molar-refractivity contribution is -0.141. The number of carbonyl (C=O) groups excluding carboxylic acids is 3. The lowest BCUT2D eigenvalue weighted by atomic mass is 9.83. The highest BCUT2D eigenvalue weighted by atomic mass is 32.2. The average molecular weight is 562 g/mol. The molecule has 1 aromatic rings. The van der Waals surface area contributed by atoms with Crippen LogP contribution in [0.4, 0.5) is 0 Å². The average Bonchev–Trinajstić information content (AvgIpc) is 3.52. The molecule has 2 aliphatic heterocycles. The highest BCUT2D eigenvalue weighted by Gasteiger charge is 2.56. The Morgan fingerprint density at radius 1 is 1.05 bits per heavy atom. The summed E-state index contributed by atoms with van der Waals surface area (Å²) in [5.74, 6) is -1.34. The fourth-order valence-electron chi connectivity index (χ4n) is 6.45. The molecule has 4 rings (SSSR count). The fraction of sp³-hybridized carbons (Fsp3) is 0.679. The van der Waals surface area contributed by atoms with Crippen LogP contribution in [0, 0.1) is 11.8 Å². The van der Waals surface area contributed by atoms with Crippen molar-refractivity contribution >= 4 is 27.7 Å². The van der Waals surface area contributed by atoms with Crippen molar-refractivity contribution in [2.24, 2.45) is 11.8 Å². The summed E-state index contributed by atoms with van der Waals surface area (Å²) in [5, 5.41) is 8.93. The largest absolute Gasteiger partial charge is 0.355 e. The zero-order valence-corrected chi connectivity index (χ0v) is 24.1. The molecular formula is C28H43N5O5S. The summed E-state index contributed by atoms with van der Waals surface area (Å²) >= 11 is 0. The van der Waals surface area contributed by atoms with Gasteiger partial charge in [0, 0.05) is 25.7 Å². The summed E-state index contributed by atoms with van der Waals surface area (Å²) in [6.45, 7) is 2.58. The van der Waals surface area contributed by atoms with Gasteiger partial charge in [-0.25, -0.2) is 8.42 Å². The van der Waals surface area contributed by atoms with Gasteiger partial charge in [-0.1, -0.05) is 49.6 Å². The van der Waals surface area contributed by atoms with Crippen LogP contribution >= 0.6 is 0 Å². The molecule has 0 aromatic heterocycles. The van der Waals surface area contributed by atoms with E-state index in [1.807, 2.05) is 30.3 Å². The molecule has 3 aliphatic rings. The van der Waals surface area contributed by atoms with Crippen LogP contribution in [0.15, 0.2) is 30.3 Å². The van der Waals surface area contributed by atoms with Gasteiger partial charge in [0.25, 0.3) is 0 Å². The molecule has 0 radical (unpaired) electrons. The third-order valence-corrected chi connectivity index (χ3v) is 9.96. The standard InChI is InChI=1S/C28H43N5O5S/c1-19(29-2)26(34)31-24(21-12-8-5-9-13-21)28(36)32-17-15-23-25(32)22(18-33(23)39(3,37)38)27(35)30-16-14-20-10-6-4-7-11-20/h4,6-7,10-11,19,21-25,29H,5,8-9,12-18H2,1-3H3,(H,30,35)(H,31,34)/t19?,22-,23?,24?,25?/m0/s1. The monoisotopic (exact) mass is 561 g/mol. The molecule has 1 saturated carbocycles. The van der Waals surface area contributed by atoms with Gasteiger partial charge < -0.3 is 20.9 Å².